The van der Waals surface area contributed by atoms with Crippen molar-refractivity contribution in [2.45, 2.75) is 59.3 Å². The van der Waals surface area contributed by atoms with Crippen LogP contribution in [0.15, 0.2) is 23.8 Å². The molecule has 0 aromatic heterocycles. The highest BCUT2D eigenvalue weighted by Gasteiger charge is 1.91. The average molecular weight is 180 g/mol. The Morgan fingerprint density at radius 3 is 2.23 bits per heavy atom. The van der Waals surface area contributed by atoms with E-state index < -0.39 is 0 Å². The van der Waals surface area contributed by atoms with E-state index in [9.17, 15) is 0 Å². The summed E-state index contributed by atoms with van der Waals surface area (Å²) in [7, 11) is 0. The minimum Gasteiger partial charge on any atom is -0.0874 e. The van der Waals surface area contributed by atoms with Crippen molar-refractivity contribution in [2.75, 3.05) is 0 Å². The Kier molecular flexibility index (Phi) is 9.18. The smallest absolute Gasteiger partial charge is 0.0282 e. The second-order valence-corrected chi connectivity index (χ2v) is 3.53. The molecule has 0 rings (SSSR count). The Bertz CT molecular complexity index is 151. The molecule has 0 aliphatic heterocycles. The quantitative estimate of drug-likeness (QED) is 0.387. The zero-order chi connectivity index (χ0) is 9.94. The number of hydrogen-bond acceptors (Lipinski definition) is 0. The van der Waals surface area contributed by atoms with Crippen LogP contribution in [0.4, 0.5) is 0 Å². The van der Waals surface area contributed by atoms with Gasteiger partial charge in [0, 0.05) is 0 Å². The summed E-state index contributed by atoms with van der Waals surface area (Å²) < 4.78 is 0. The molecule has 0 heteroatoms. The largest absolute Gasteiger partial charge is 0.0874 e. The number of hydrogen-bond donors (Lipinski definition) is 0. The standard InChI is InChI=1S/C13H24/c1-4-7-8-9-10-12-13(6-3)11-5-2/h5-6,11H,4,7-10,12H2,1-3H3/b11-5-,13-6+. The van der Waals surface area contributed by atoms with Gasteiger partial charge in [-0.15, -0.1) is 0 Å². The van der Waals surface area contributed by atoms with Crippen LogP contribution in [-0.2, 0) is 0 Å². The first-order chi connectivity index (χ1) is 6.35. The summed E-state index contributed by atoms with van der Waals surface area (Å²) in [6, 6.07) is 0. The Hall–Kier alpha value is -0.520. The molecule has 0 amide bonds. The highest BCUT2D eigenvalue weighted by atomic mass is 14.0. The number of allylic oxidation sites excluding steroid dienone is 4. The molecule has 0 saturated heterocycles. The average Bonchev–Trinajstić information content (AvgIpc) is 2.16. The van der Waals surface area contributed by atoms with Crippen LogP contribution in [-0.4, -0.2) is 0 Å². The molecule has 0 aliphatic rings. The lowest BCUT2D eigenvalue weighted by Gasteiger charge is -2.01. The zero-order valence-electron chi connectivity index (χ0n) is 9.47. The van der Waals surface area contributed by atoms with E-state index in [1.165, 1.54) is 44.1 Å². The van der Waals surface area contributed by atoms with Gasteiger partial charge in [-0.2, -0.15) is 0 Å². The maximum absolute atomic E-state index is 2.26. The molecule has 0 radical (unpaired) electrons. The van der Waals surface area contributed by atoms with Gasteiger partial charge in [-0.05, 0) is 26.7 Å². The van der Waals surface area contributed by atoms with Crippen LogP contribution in [0.2, 0.25) is 0 Å². The first-order valence-electron chi connectivity index (χ1n) is 5.63. The van der Waals surface area contributed by atoms with Gasteiger partial charge < -0.3 is 0 Å². The molecule has 0 N–H and O–H groups in total. The van der Waals surface area contributed by atoms with Crippen LogP contribution in [0.1, 0.15) is 59.3 Å². The lowest BCUT2D eigenvalue weighted by atomic mass is 10.1. The molecule has 0 nitrogen and oxygen atoms in total. The summed E-state index contributed by atoms with van der Waals surface area (Å²) in [5.41, 5.74) is 1.49. The summed E-state index contributed by atoms with van der Waals surface area (Å²) in [5, 5.41) is 0. The Labute approximate surface area is 83.7 Å². The molecule has 13 heavy (non-hydrogen) atoms. The van der Waals surface area contributed by atoms with Crippen LogP contribution in [0.3, 0.4) is 0 Å². The molecule has 0 aliphatic carbocycles. The second-order valence-electron chi connectivity index (χ2n) is 3.53. The first-order valence-corrected chi connectivity index (χ1v) is 5.63. The van der Waals surface area contributed by atoms with E-state index in [2.05, 4.69) is 39.0 Å². The van der Waals surface area contributed by atoms with Crippen molar-refractivity contribution in [3.63, 3.8) is 0 Å². The molecule has 0 heterocycles. The number of rotatable bonds is 7. The van der Waals surface area contributed by atoms with E-state index in [4.69, 9.17) is 0 Å². The fraction of sp³-hybridized carbons (Fsp3) is 0.692. The first kappa shape index (κ1) is 12.5. The minimum atomic E-state index is 1.25. The van der Waals surface area contributed by atoms with Gasteiger partial charge in [0.1, 0.15) is 0 Å². The fourth-order valence-corrected chi connectivity index (χ4v) is 1.47. The molecule has 0 bridgehead atoms. The molecule has 0 aromatic rings. The summed E-state index contributed by atoms with van der Waals surface area (Å²) in [5.74, 6) is 0. The molecule has 76 valence electrons. The Balaban J connectivity index is 3.40. The van der Waals surface area contributed by atoms with Crippen molar-refractivity contribution >= 4 is 0 Å². The summed E-state index contributed by atoms with van der Waals surface area (Å²) >= 11 is 0. The third-order valence-corrected chi connectivity index (χ3v) is 2.32. The second kappa shape index (κ2) is 9.57. The topological polar surface area (TPSA) is 0 Å². The van der Waals surface area contributed by atoms with Crippen molar-refractivity contribution in [3.05, 3.63) is 23.8 Å². The molecule has 0 aromatic carbocycles. The van der Waals surface area contributed by atoms with E-state index in [0.717, 1.165) is 0 Å². The monoisotopic (exact) mass is 180 g/mol. The molecule has 0 unspecified atom stereocenters. The fourth-order valence-electron chi connectivity index (χ4n) is 1.47. The van der Waals surface area contributed by atoms with Gasteiger partial charge in [-0.3, -0.25) is 0 Å². The van der Waals surface area contributed by atoms with Crippen molar-refractivity contribution in [3.8, 4) is 0 Å². The highest BCUT2D eigenvalue weighted by Crippen LogP contribution is 2.11. The van der Waals surface area contributed by atoms with E-state index in [1.807, 2.05) is 0 Å². The van der Waals surface area contributed by atoms with Gasteiger partial charge in [0.2, 0.25) is 0 Å². The molecule has 0 atom stereocenters. The van der Waals surface area contributed by atoms with Gasteiger partial charge in [0.05, 0.1) is 0 Å². The summed E-state index contributed by atoms with van der Waals surface area (Å²) in [6.07, 6.45) is 14.7. The van der Waals surface area contributed by atoms with Crippen LogP contribution < -0.4 is 0 Å². The van der Waals surface area contributed by atoms with E-state index in [0.29, 0.717) is 0 Å². The third-order valence-electron chi connectivity index (χ3n) is 2.32. The lowest BCUT2D eigenvalue weighted by Crippen LogP contribution is -1.81. The van der Waals surface area contributed by atoms with Crippen LogP contribution in [0.25, 0.3) is 0 Å². The van der Waals surface area contributed by atoms with Gasteiger partial charge in [-0.1, -0.05) is 56.4 Å². The van der Waals surface area contributed by atoms with Crippen LogP contribution in [0.5, 0.6) is 0 Å². The van der Waals surface area contributed by atoms with E-state index >= 15 is 0 Å². The Morgan fingerprint density at radius 1 is 1.00 bits per heavy atom. The maximum atomic E-state index is 2.26. The number of unbranched alkanes of at least 4 members (excludes halogenated alkanes) is 4. The zero-order valence-corrected chi connectivity index (χ0v) is 9.47. The molecular formula is C13H24. The van der Waals surface area contributed by atoms with Gasteiger partial charge >= 0.3 is 0 Å². The van der Waals surface area contributed by atoms with E-state index in [-0.39, 0.29) is 0 Å². The van der Waals surface area contributed by atoms with Crippen molar-refractivity contribution in [2.24, 2.45) is 0 Å². The van der Waals surface area contributed by atoms with Crippen molar-refractivity contribution in [1.82, 2.24) is 0 Å². The summed E-state index contributed by atoms with van der Waals surface area (Å²) in [6.45, 7) is 6.47. The predicted molar refractivity (Wildman–Crippen MR) is 61.9 cm³/mol. The molecule has 0 fully saturated rings. The molecule has 0 spiro atoms. The predicted octanol–water partition coefficient (Wildman–Crippen LogP) is 4.87. The van der Waals surface area contributed by atoms with Crippen LogP contribution >= 0.6 is 0 Å². The van der Waals surface area contributed by atoms with Crippen LogP contribution in [0, 0.1) is 0 Å². The SMILES string of the molecule is C/C=C\C(=C/C)CCCCCCC. The van der Waals surface area contributed by atoms with Gasteiger partial charge in [0.15, 0.2) is 0 Å². The van der Waals surface area contributed by atoms with Gasteiger partial charge in [-0.25, -0.2) is 0 Å². The third kappa shape index (κ3) is 7.83. The minimum absolute atomic E-state index is 1.25. The molecular weight excluding hydrogens is 156 g/mol. The Morgan fingerprint density at radius 2 is 1.69 bits per heavy atom. The highest BCUT2D eigenvalue weighted by molar-refractivity contribution is 5.16. The summed E-state index contributed by atoms with van der Waals surface area (Å²) in [4.78, 5) is 0. The lowest BCUT2D eigenvalue weighted by molar-refractivity contribution is 0.633. The van der Waals surface area contributed by atoms with Crippen molar-refractivity contribution in [1.29, 1.82) is 0 Å². The van der Waals surface area contributed by atoms with Crippen molar-refractivity contribution < 1.29 is 0 Å². The van der Waals surface area contributed by atoms with E-state index in [1.54, 1.807) is 0 Å². The molecule has 0 saturated carbocycles. The van der Waals surface area contributed by atoms with Gasteiger partial charge in [0.25, 0.3) is 0 Å². The normalized spacial score (nSPS) is 12.7. The maximum Gasteiger partial charge on any atom is -0.0282 e.